The van der Waals surface area contributed by atoms with E-state index in [2.05, 4.69) is 36.3 Å². The van der Waals surface area contributed by atoms with Crippen LogP contribution in [0.15, 0.2) is 48.3 Å². The summed E-state index contributed by atoms with van der Waals surface area (Å²) in [5.41, 5.74) is 0.798. The fraction of sp³-hybridized carbons (Fsp3) is 0.600. The zero-order valence-electron chi connectivity index (χ0n) is 23.1. The lowest BCUT2D eigenvalue weighted by Crippen LogP contribution is -2.41. The molecular weight excluding hydrogens is 508 g/mol. The van der Waals surface area contributed by atoms with Gasteiger partial charge in [-0.3, -0.25) is 14.5 Å². The minimum atomic E-state index is -1.45. The minimum Gasteiger partial charge on any atom is -0.356 e. The summed E-state index contributed by atoms with van der Waals surface area (Å²) in [6, 6.07) is 7.25. The number of benzene rings is 1. The Kier molecular flexibility index (Phi) is 10.5. The van der Waals surface area contributed by atoms with Crippen LogP contribution in [0.25, 0.3) is 0 Å². The molecule has 3 rings (SSSR count). The number of halogens is 3. The van der Waals surface area contributed by atoms with Gasteiger partial charge in [-0.2, -0.15) is 0 Å². The number of alkyl halides is 1. The molecule has 3 unspecified atom stereocenters. The fourth-order valence-corrected chi connectivity index (χ4v) is 5.47. The predicted octanol–water partition coefficient (Wildman–Crippen LogP) is 6.16. The number of rotatable bonds is 10. The summed E-state index contributed by atoms with van der Waals surface area (Å²) in [5, 5.41) is 6.81. The molecule has 1 aliphatic carbocycles. The van der Waals surface area contributed by atoms with Crippen LogP contribution < -0.4 is 10.6 Å². The summed E-state index contributed by atoms with van der Waals surface area (Å²) >= 11 is 6.05. The summed E-state index contributed by atoms with van der Waals surface area (Å²) in [5.74, 6) is -1.62. The number of carbonyl (C=O) groups is 2. The van der Waals surface area contributed by atoms with Crippen molar-refractivity contribution >= 4 is 23.4 Å². The van der Waals surface area contributed by atoms with Crippen molar-refractivity contribution in [2.75, 3.05) is 19.6 Å². The number of amides is 2. The monoisotopic (exact) mass is 549 g/mol. The Morgan fingerprint density at radius 2 is 1.84 bits per heavy atom. The molecule has 2 N–H and O–H groups in total. The molecule has 1 aliphatic heterocycles. The molecule has 1 heterocycles. The molecule has 8 heteroatoms. The lowest BCUT2D eigenvalue weighted by Gasteiger charge is -2.32. The number of allylic oxidation sites excluding steroid dienone is 4. The number of likely N-dealkylation sites (tertiary alicyclic amines) is 1. The van der Waals surface area contributed by atoms with Crippen molar-refractivity contribution in [3.63, 3.8) is 0 Å². The molecule has 1 aromatic rings. The van der Waals surface area contributed by atoms with Crippen LogP contribution in [-0.2, 0) is 9.59 Å². The normalized spacial score (nSPS) is 24.8. The first-order valence-corrected chi connectivity index (χ1v) is 14.0. The van der Waals surface area contributed by atoms with Crippen LogP contribution in [0.4, 0.5) is 8.78 Å². The van der Waals surface area contributed by atoms with Crippen molar-refractivity contribution in [3.05, 3.63) is 58.9 Å². The first-order valence-electron chi connectivity index (χ1n) is 13.6. The molecule has 1 saturated heterocycles. The molecule has 210 valence electrons. The first kappa shape index (κ1) is 30.3. The zero-order valence-corrected chi connectivity index (χ0v) is 23.9. The van der Waals surface area contributed by atoms with Crippen molar-refractivity contribution < 1.29 is 18.4 Å². The smallest absolute Gasteiger partial charge is 0.224 e. The second kappa shape index (κ2) is 13.2. The Hall–Kier alpha value is -2.25. The summed E-state index contributed by atoms with van der Waals surface area (Å²) in [6.07, 6.45) is 4.19. The van der Waals surface area contributed by atoms with E-state index in [1.165, 1.54) is 6.08 Å². The highest BCUT2D eigenvalue weighted by atomic mass is 35.5. The Labute approximate surface area is 231 Å². The number of nitrogens with one attached hydrogen (secondary N) is 2. The van der Waals surface area contributed by atoms with Crippen molar-refractivity contribution in [3.8, 4) is 0 Å². The van der Waals surface area contributed by atoms with Crippen LogP contribution >= 0.6 is 11.6 Å². The molecule has 0 saturated carbocycles. The molecular formula is C30H42ClF2N3O2. The molecule has 5 nitrogen and oxygen atoms in total. The van der Waals surface area contributed by atoms with Gasteiger partial charge in [-0.1, -0.05) is 43.7 Å². The molecule has 2 aliphatic rings. The fourth-order valence-electron chi connectivity index (χ4n) is 5.34. The summed E-state index contributed by atoms with van der Waals surface area (Å²) in [6.45, 7) is 11.8. The van der Waals surface area contributed by atoms with Crippen molar-refractivity contribution in [1.82, 2.24) is 15.5 Å². The second-order valence-electron chi connectivity index (χ2n) is 12.0. The molecule has 0 spiro atoms. The third kappa shape index (κ3) is 8.37. The Morgan fingerprint density at radius 3 is 2.45 bits per heavy atom. The topological polar surface area (TPSA) is 61.4 Å². The molecule has 38 heavy (non-hydrogen) atoms. The Bertz CT molecular complexity index is 1020. The van der Waals surface area contributed by atoms with Gasteiger partial charge in [0.2, 0.25) is 11.8 Å². The standard InChI is InChI=1S/C30H42ClF2N3O2/c1-19(2)15-28(37)35-27(20-8-10-21(31)11-9-20)7-6-14-34-29(38)25-18-36(30(3,4)5)17-24(25)23-13-12-22(32)16-26(23)33/h8-13,16,19,23-27H,6-7,14-15,17-18H2,1-5H3,(H,34,38)(H,35,37)/t23?,24-,25+,26?,27?/m0/s1. The molecule has 5 atom stereocenters. The molecule has 1 fully saturated rings. The Morgan fingerprint density at radius 1 is 1.16 bits per heavy atom. The van der Waals surface area contributed by atoms with Crippen LogP contribution in [0.2, 0.25) is 5.02 Å². The Balaban J connectivity index is 1.62. The highest BCUT2D eigenvalue weighted by Crippen LogP contribution is 2.39. The van der Waals surface area contributed by atoms with Gasteiger partial charge in [-0.15, -0.1) is 0 Å². The highest BCUT2D eigenvalue weighted by Gasteiger charge is 2.46. The van der Waals surface area contributed by atoms with E-state index in [9.17, 15) is 18.4 Å². The maximum Gasteiger partial charge on any atom is 0.224 e. The summed E-state index contributed by atoms with van der Waals surface area (Å²) in [4.78, 5) is 28.0. The number of carbonyl (C=O) groups excluding carboxylic acids is 2. The second-order valence-corrected chi connectivity index (χ2v) is 12.4. The SMILES string of the molecule is CC(C)CC(=O)NC(CCCNC(=O)[C@@H]1CN(C(C)(C)C)C[C@H]1C1C=CC(F)=CC1F)c1ccc(Cl)cc1. The summed E-state index contributed by atoms with van der Waals surface area (Å²) < 4.78 is 28.4. The van der Waals surface area contributed by atoms with Gasteiger partial charge in [-0.25, -0.2) is 8.78 Å². The van der Waals surface area contributed by atoms with E-state index in [4.69, 9.17) is 11.6 Å². The van der Waals surface area contributed by atoms with Crippen molar-refractivity contribution in [2.45, 2.75) is 71.6 Å². The van der Waals surface area contributed by atoms with Gasteiger partial charge in [0.1, 0.15) is 12.0 Å². The third-order valence-electron chi connectivity index (χ3n) is 7.48. The maximum atomic E-state index is 14.8. The summed E-state index contributed by atoms with van der Waals surface area (Å²) in [7, 11) is 0. The number of hydrogen-bond acceptors (Lipinski definition) is 3. The lowest BCUT2D eigenvalue weighted by atomic mass is 9.79. The van der Waals surface area contributed by atoms with Crippen LogP contribution in [0.5, 0.6) is 0 Å². The van der Waals surface area contributed by atoms with Gasteiger partial charge in [-0.05, 0) is 75.3 Å². The molecule has 0 aromatic heterocycles. The maximum absolute atomic E-state index is 14.8. The largest absolute Gasteiger partial charge is 0.356 e. The van der Waals surface area contributed by atoms with E-state index in [1.807, 2.05) is 26.0 Å². The van der Waals surface area contributed by atoms with Crippen LogP contribution in [0.3, 0.4) is 0 Å². The van der Waals surface area contributed by atoms with Gasteiger partial charge in [0.25, 0.3) is 0 Å². The molecule has 0 bridgehead atoms. The van der Waals surface area contributed by atoms with E-state index < -0.39 is 23.8 Å². The van der Waals surface area contributed by atoms with Crippen LogP contribution in [0, 0.1) is 23.7 Å². The first-order chi connectivity index (χ1) is 17.8. The van der Waals surface area contributed by atoms with Gasteiger partial charge in [0.15, 0.2) is 0 Å². The predicted molar refractivity (Wildman–Crippen MR) is 149 cm³/mol. The number of nitrogens with zero attached hydrogens (tertiary/aromatic N) is 1. The number of hydrogen-bond donors (Lipinski definition) is 2. The minimum absolute atomic E-state index is 0.00754. The molecule has 0 radical (unpaired) electrons. The third-order valence-corrected chi connectivity index (χ3v) is 7.73. The van der Waals surface area contributed by atoms with Crippen LogP contribution in [-0.4, -0.2) is 48.1 Å². The van der Waals surface area contributed by atoms with Crippen molar-refractivity contribution in [2.24, 2.45) is 23.7 Å². The average Bonchev–Trinajstić information content (AvgIpc) is 3.27. The van der Waals surface area contributed by atoms with Gasteiger partial charge >= 0.3 is 0 Å². The van der Waals surface area contributed by atoms with E-state index in [0.717, 1.165) is 11.6 Å². The van der Waals surface area contributed by atoms with E-state index in [-0.39, 0.29) is 35.2 Å². The quantitative estimate of drug-likeness (QED) is 0.343. The lowest BCUT2D eigenvalue weighted by molar-refractivity contribution is -0.126. The highest BCUT2D eigenvalue weighted by molar-refractivity contribution is 6.30. The van der Waals surface area contributed by atoms with Gasteiger partial charge < -0.3 is 10.6 Å². The van der Waals surface area contributed by atoms with Gasteiger partial charge in [0.05, 0.1) is 12.0 Å². The van der Waals surface area contributed by atoms with Gasteiger partial charge in [0, 0.05) is 42.5 Å². The van der Waals surface area contributed by atoms with Crippen LogP contribution in [0.1, 0.15) is 65.5 Å². The van der Waals surface area contributed by atoms with Crippen molar-refractivity contribution in [1.29, 1.82) is 0 Å². The van der Waals surface area contributed by atoms with E-state index >= 15 is 0 Å². The molecule has 1 aromatic carbocycles. The van der Waals surface area contributed by atoms with E-state index in [0.29, 0.717) is 43.9 Å². The molecule has 2 amide bonds. The van der Waals surface area contributed by atoms with E-state index in [1.54, 1.807) is 18.2 Å². The average molecular weight is 550 g/mol. The zero-order chi connectivity index (χ0) is 28.0.